The van der Waals surface area contributed by atoms with E-state index >= 15 is 0 Å². The molecule has 0 radical (unpaired) electrons. The molecule has 2 heterocycles. The van der Waals surface area contributed by atoms with E-state index in [1.807, 2.05) is 18.7 Å². The fraction of sp³-hybridized carbons (Fsp3) is 0.762. The molecule has 28 heavy (non-hydrogen) atoms. The number of nitrogens with zero attached hydrogens (tertiary/aromatic N) is 3. The van der Waals surface area contributed by atoms with Gasteiger partial charge in [-0.15, -0.1) is 0 Å². The number of hydrogen-bond acceptors (Lipinski definition) is 5. The second-order valence-electron chi connectivity index (χ2n) is 8.93. The number of hydrogen-bond donors (Lipinski definition) is 0. The van der Waals surface area contributed by atoms with Crippen LogP contribution in [-0.4, -0.2) is 51.9 Å². The Balaban J connectivity index is 1.30. The first-order valence-corrected chi connectivity index (χ1v) is 10.5. The van der Waals surface area contributed by atoms with Gasteiger partial charge in [0.25, 0.3) is 0 Å². The van der Waals surface area contributed by atoms with Gasteiger partial charge < -0.3 is 14.4 Å². The summed E-state index contributed by atoms with van der Waals surface area (Å²) in [6.45, 7) is 6.39. The Morgan fingerprint density at radius 1 is 1.32 bits per heavy atom. The van der Waals surface area contributed by atoms with E-state index in [1.165, 1.54) is 12.4 Å². The minimum absolute atomic E-state index is 0.0303. The number of halogens is 1. The fourth-order valence-electron chi connectivity index (χ4n) is 5.03. The maximum absolute atomic E-state index is 13.1. The monoisotopic (exact) mass is 391 g/mol. The lowest BCUT2D eigenvalue weighted by atomic mass is 9.86. The number of carbonyl (C=O) groups excluding carboxylic acids is 1. The molecule has 7 heteroatoms. The lowest BCUT2D eigenvalue weighted by Gasteiger charge is -2.31. The van der Waals surface area contributed by atoms with Crippen molar-refractivity contribution in [2.75, 3.05) is 6.61 Å². The molecule has 2 saturated carbocycles. The first-order valence-electron chi connectivity index (χ1n) is 10.5. The van der Waals surface area contributed by atoms with Crippen LogP contribution >= 0.6 is 0 Å². The van der Waals surface area contributed by atoms with Gasteiger partial charge in [-0.05, 0) is 65.2 Å². The maximum atomic E-state index is 13.1. The maximum Gasteiger partial charge on any atom is 0.410 e. The van der Waals surface area contributed by atoms with E-state index < -0.39 is 0 Å². The summed E-state index contributed by atoms with van der Waals surface area (Å²) < 4.78 is 24.8. The summed E-state index contributed by atoms with van der Waals surface area (Å²) >= 11 is 0. The van der Waals surface area contributed by atoms with Crippen LogP contribution in [0.1, 0.15) is 65.1 Å². The summed E-state index contributed by atoms with van der Waals surface area (Å²) in [6.07, 6.45) is 8.32. The lowest BCUT2D eigenvalue weighted by molar-refractivity contribution is -0.0120. The van der Waals surface area contributed by atoms with Crippen molar-refractivity contribution in [1.29, 1.82) is 0 Å². The lowest BCUT2D eigenvalue weighted by Crippen LogP contribution is -2.44. The number of fused-ring (bicyclic) bond motifs is 1. The molecule has 1 amide bonds. The number of rotatable bonds is 5. The van der Waals surface area contributed by atoms with Crippen molar-refractivity contribution in [3.63, 3.8) is 0 Å². The summed E-state index contributed by atoms with van der Waals surface area (Å²) in [7, 11) is 0. The third kappa shape index (κ3) is 3.73. The van der Waals surface area contributed by atoms with Gasteiger partial charge in [0.05, 0.1) is 37.3 Å². The average Bonchev–Trinajstić information content (AvgIpc) is 3.27. The van der Waals surface area contributed by atoms with Crippen LogP contribution in [0.4, 0.5) is 9.18 Å². The van der Waals surface area contributed by atoms with E-state index in [2.05, 4.69) is 16.9 Å². The highest BCUT2D eigenvalue weighted by molar-refractivity contribution is 5.69. The second-order valence-corrected chi connectivity index (χ2v) is 8.93. The number of amides is 1. The molecule has 1 aromatic heterocycles. The Morgan fingerprint density at radius 2 is 2.07 bits per heavy atom. The van der Waals surface area contributed by atoms with Crippen molar-refractivity contribution in [3.05, 3.63) is 24.0 Å². The van der Waals surface area contributed by atoms with E-state index in [0.29, 0.717) is 12.5 Å². The zero-order valence-corrected chi connectivity index (χ0v) is 16.9. The molecule has 0 aromatic carbocycles. The SMILES string of the molecule is CC(C)OC(=O)N1C(C)CCC1COC1CCC2(c3ncc(F)cn3)CC2C1. The van der Waals surface area contributed by atoms with Crippen molar-refractivity contribution in [2.24, 2.45) is 5.92 Å². The van der Waals surface area contributed by atoms with Gasteiger partial charge in [0, 0.05) is 11.5 Å². The summed E-state index contributed by atoms with van der Waals surface area (Å²) in [4.78, 5) is 22.7. The molecular formula is C21H30FN3O3. The van der Waals surface area contributed by atoms with Gasteiger partial charge in [-0.3, -0.25) is 0 Å². The Kier molecular flexibility index (Phi) is 5.29. The van der Waals surface area contributed by atoms with Gasteiger partial charge in [0.2, 0.25) is 0 Å². The quantitative estimate of drug-likeness (QED) is 0.763. The molecule has 3 aliphatic rings. The standard InChI is InChI=1S/C21H30FN3O3/c1-13(2)28-20(26)25-14(3)4-5-17(25)12-27-18-6-7-21(9-15(21)8-18)19-23-10-16(22)11-24-19/h10-11,13-15,17-18H,4-9,12H2,1-3H3. The zero-order chi connectivity index (χ0) is 19.9. The second kappa shape index (κ2) is 7.58. The van der Waals surface area contributed by atoms with Crippen LogP contribution in [-0.2, 0) is 14.9 Å². The summed E-state index contributed by atoms with van der Waals surface area (Å²) in [5.74, 6) is 0.909. The minimum atomic E-state index is -0.388. The number of aromatic nitrogens is 2. The van der Waals surface area contributed by atoms with E-state index in [9.17, 15) is 9.18 Å². The average molecular weight is 391 g/mol. The first-order chi connectivity index (χ1) is 13.4. The van der Waals surface area contributed by atoms with Crippen molar-refractivity contribution >= 4 is 6.09 Å². The Bertz CT molecular complexity index is 713. The van der Waals surface area contributed by atoms with Gasteiger partial charge in [-0.25, -0.2) is 19.2 Å². The third-order valence-corrected chi connectivity index (χ3v) is 6.62. The van der Waals surface area contributed by atoms with Crippen molar-refractivity contribution < 1.29 is 18.7 Å². The summed E-state index contributed by atoms with van der Waals surface area (Å²) in [5, 5.41) is 0. The molecule has 1 aliphatic heterocycles. The van der Waals surface area contributed by atoms with Crippen molar-refractivity contribution in [2.45, 2.75) is 89.0 Å². The van der Waals surface area contributed by atoms with Gasteiger partial charge in [0.1, 0.15) is 5.82 Å². The van der Waals surface area contributed by atoms with E-state index in [0.717, 1.165) is 44.3 Å². The Morgan fingerprint density at radius 3 is 2.75 bits per heavy atom. The van der Waals surface area contributed by atoms with Gasteiger partial charge in [0.15, 0.2) is 5.82 Å². The van der Waals surface area contributed by atoms with Gasteiger partial charge in [-0.1, -0.05) is 0 Å². The van der Waals surface area contributed by atoms with Gasteiger partial charge >= 0.3 is 6.09 Å². The normalized spacial score (nSPS) is 34.4. The molecule has 2 aliphatic carbocycles. The van der Waals surface area contributed by atoms with E-state index in [-0.39, 0.29) is 41.6 Å². The van der Waals surface area contributed by atoms with E-state index in [4.69, 9.17) is 9.47 Å². The highest BCUT2D eigenvalue weighted by Crippen LogP contribution is 2.61. The molecule has 1 aromatic rings. The molecule has 5 atom stereocenters. The highest BCUT2D eigenvalue weighted by Gasteiger charge is 2.60. The van der Waals surface area contributed by atoms with Crippen LogP contribution < -0.4 is 0 Å². The Labute approximate surface area is 165 Å². The van der Waals surface area contributed by atoms with Crippen LogP contribution in [0.2, 0.25) is 0 Å². The smallest absolute Gasteiger partial charge is 0.410 e. The van der Waals surface area contributed by atoms with Crippen LogP contribution in [0.15, 0.2) is 12.4 Å². The van der Waals surface area contributed by atoms with Crippen LogP contribution in [0.25, 0.3) is 0 Å². The molecular weight excluding hydrogens is 361 g/mol. The molecule has 3 fully saturated rings. The predicted molar refractivity (Wildman–Crippen MR) is 101 cm³/mol. The molecule has 0 N–H and O–H groups in total. The zero-order valence-electron chi connectivity index (χ0n) is 16.9. The predicted octanol–water partition coefficient (Wildman–Crippen LogP) is 3.84. The summed E-state index contributed by atoms with van der Waals surface area (Å²) in [5.41, 5.74) is 0.0303. The molecule has 0 bridgehead atoms. The number of carbonyl (C=O) groups is 1. The molecule has 6 nitrogen and oxygen atoms in total. The Hall–Kier alpha value is -1.76. The van der Waals surface area contributed by atoms with Crippen LogP contribution in [0.5, 0.6) is 0 Å². The molecule has 154 valence electrons. The molecule has 1 saturated heterocycles. The fourth-order valence-corrected chi connectivity index (χ4v) is 5.03. The first kappa shape index (κ1) is 19.6. The minimum Gasteiger partial charge on any atom is -0.447 e. The largest absolute Gasteiger partial charge is 0.447 e. The topological polar surface area (TPSA) is 64.5 Å². The van der Waals surface area contributed by atoms with Crippen molar-refractivity contribution in [3.8, 4) is 0 Å². The molecule has 0 spiro atoms. The highest BCUT2D eigenvalue weighted by atomic mass is 19.1. The van der Waals surface area contributed by atoms with Crippen LogP contribution in [0.3, 0.4) is 0 Å². The number of ether oxygens (including phenoxy) is 2. The number of likely N-dealkylation sites (tertiary alicyclic amines) is 1. The van der Waals surface area contributed by atoms with E-state index in [1.54, 1.807) is 0 Å². The van der Waals surface area contributed by atoms with Crippen LogP contribution in [0, 0.1) is 11.7 Å². The molecule has 4 rings (SSSR count). The third-order valence-electron chi connectivity index (χ3n) is 6.62. The van der Waals surface area contributed by atoms with Gasteiger partial charge in [-0.2, -0.15) is 0 Å². The summed E-state index contributed by atoms with van der Waals surface area (Å²) in [6, 6.07) is 0.283. The van der Waals surface area contributed by atoms with Crippen molar-refractivity contribution in [1.82, 2.24) is 14.9 Å². The molecule has 5 unspecified atom stereocenters.